The van der Waals surface area contributed by atoms with Crippen molar-refractivity contribution in [3.8, 4) is 0 Å². The molecule has 0 radical (unpaired) electrons. The number of piperidine rings is 1. The molecular weight excluding hydrogens is 234 g/mol. The van der Waals surface area contributed by atoms with Gasteiger partial charge in [0.2, 0.25) is 0 Å². The van der Waals surface area contributed by atoms with Crippen molar-refractivity contribution in [1.82, 2.24) is 4.98 Å². The van der Waals surface area contributed by atoms with Gasteiger partial charge in [0.25, 0.3) is 0 Å². The van der Waals surface area contributed by atoms with E-state index in [-0.39, 0.29) is 0 Å². The highest BCUT2D eigenvalue weighted by Gasteiger charge is 2.28. The lowest BCUT2D eigenvalue weighted by Crippen LogP contribution is -2.38. The zero-order chi connectivity index (χ0) is 13.9. The van der Waals surface area contributed by atoms with Crippen LogP contribution in [0.1, 0.15) is 40.5 Å². The van der Waals surface area contributed by atoms with Crippen molar-refractivity contribution in [3.63, 3.8) is 0 Å². The number of rotatable bonds is 3. The number of aromatic nitrogens is 1. The van der Waals surface area contributed by atoms with Gasteiger partial charge in [0.05, 0.1) is 0 Å². The maximum atomic E-state index is 4.34. The zero-order valence-electron chi connectivity index (χ0n) is 12.7. The van der Waals surface area contributed by atoms with Gasteiger partial charge in [0.1, 0.15) is 5.82 Å². The van der Waals surface area contributed by atoms with Gasteiger partial charge in [-0.1, -0.05) is 20.8 Å². The minimum absolute atomic E-state index is 0.444. The largest absolute Gasteiger partial charge is 0.371 e. The minimum Gasteiger partial charge on any atom is -0.371 e. The van der Waals surface area contributed by atoms with Crippen LogP contribution in [0.3, 0.4) is 0 Å². The van der Waals surface area contributed by atoms with E-state index in [0.717, 1.165) is 31.4 Å². The molecule has 1 aromatic heterocycles. The molecule has 0 bridgehead atoms. The molecule has 106 valence electrons. The summed E-state index contributed by atoms with van der Waals surface area (Å²) in [6, 6.07) is 4.29. The van der Waals surface area contributed by atoms with E-state index < -0.39 is 0 Å². The van der Waals surface area contributed by atoms with Gasteiger partial charge in [0, 0.05) is 37.6 Å². The zero-order valence-corrected chi connectivity index (χ0v) is 12.7. The standard InChI is InChI=1S/C16H27N3/c1-5-17-15-12-14(6-9-18-15)19-10-7-13(8-11-19)16(2,3)4/h6,9,12-13H,5,7-8,10-11H2,1-4H3,(H,17,18). The average molecular weight is 261 g/mol. The fourth-order valence-electron chi connectivity index (χ4n) is 2.90. The Morgan fingerprint density at radius 3 is 2.58 bits per heavy atom. The van der Waals surface area contributed by atoms with Crippen LogP contribution < -0.4 is 10.2 Å². The average Bonchev–Trinajstić information content (AvgIpc) is 2.39. The Balaban J connectivity index is 1.99. The van der Waals surface area contributed by atoms with Gasteiger partial charge < -0.3 is 10.2 Å². The summed E-state index contributed by atoms with van der Waals surface area (Å²) in [5.74, 6) is 1.83. The van der Waals surface area contributed by atoms with E-state index in [1.807, 2.05) is 6.20 Å². The smallest absolute Gasteiger partial charge is 0.127 e. The molecule has 0 aliphatic carbocycles. The Bertz CT molecular complexity index is 401. The second kappa shape index (κ2) is 5.81. The van der Waals surface area contributed by atoms with Crippen molar-refractivity contribution in [3.05, 3.63) is 18.3 Å². The van der Waals surface area contributed by atoms with Crippen LogP contribution in [0.15, 0.2) is 18.3 Å². The summed E-state index contributed by atoms with van der Waals surface area (Å²) >= 11 is 0. The second-order valence-electron chi connectivity index (χ2n) is 6.56. The molecule has 0 atom stereocenters. The highest BCUT2D eigenvalue weighted by Crippen LogP contribution is 2.35. The van der Waals surface area contributed by atoms with Gasteiger partial charge in [-0.3, -0.25) is 0 Å². The molecule has 0 aromatic carbocycles. The molecule has 19 heavy (non-hydrogen) atoms. The molecule has 2 heterocycles. The maximum absolute atomic E-state index is 4.34. The Hall–Kier alpha value is -1.25. The third-order valence-corrected chi connectivity index (χ3v) is 4.19. The first-order chi connectivity index (χ1) is 9.00. The van der Waals surface area contributed by atoms with Crippen LogP contribution in [0, 0.1) is 11.3 Å². The van der Waals surface area contributed by atoms with Crippen molar-refractivity contribution in [2.75, 3.05) is 29.9 Å². The summed E-state index contributed by atoms with van der Waals surface area (Å²) in [7, 11) is 0. The van der Waals surface area contributed by atoms with Crippen LogP contribution in [0.2, 0.25) is 0 Å². The van der Waals surface area contributed by atoms with Crippen molar-refractivity contribution < 1.29 is 0 Å². The normalized spacial score (nSPS) is 17.6. The van der Waals surface area contributed by atoms with Crippen LogP contribution in [-0.4, -0.2) is 24.6 Å². The summed E-state index contributed by atoms with van der Waals surface area (Å²) in [5, 5.41) is 3.28. The maximum Gasteiger partial charge on any atom is 0.127 e. The quantitative estimate of drug-likeness (QED) is 0.897. The number of hydrogen-bond donors (Lipinski definition) is 1. The van der Waals surface area contributed by atoms with Crippen molar-refractivity contribution >= 4 is 11.5 Å². The Labute approximate surface area is 117 Å². The first kappa shape index (κ1) is 14.2. The predicted molar refractivity (Wildman–Crippen MR) is 82.8 cm³/mol. The number of pyridine rings is 1. The summed E-state index contributed by atoms with van der Waals surface area (Å²) in [6.45, 7) is 12.4. The van der Waals surface area contributed by atoms with Crippen LogP contribution >= 0.6 is 0 Å². The van der Waals surface area contributed by atoms with E-state index in [1.54, 1.807) is 0 Å². The summed E-state index contributed by atoms with van der Waals surface area (Å²) in [6.07, 6.45) is 4.49. The fourth-order valence-corrected chi connectivity index (χ4v) is 2.90. The Morgan fingerprint density at radius 2 is 2.00 bits per heavy atom. The molecule has 1 aliphatic rings. The molecule has 1 N–H and O–H groups in total. The molecule has 2 rings (SSSR count). The summed E-state index contributed by atoms with van der Waals surface area (Å²) < 4.78 is 0. The van der Waals surface area contributed by atoms with E-state index in [9.17, 15) is 0 Å². The number of nitrogens with one attached hydrogen (secondary N) is 1. The minimum atomic E-state index is 0.444. The van der Waals surface area contributed by atoms with Crippen LogP contribution in [-0.2, 0) is 0 Å². The third kappa shape index (κ3) is 3.62. The van der Waals surface area contributed by atoms with E-state index in [2.05, 4.69) is 55.0 Å². The SMILES string of the molecule is CCNc1cc(N2CCC(C(C)(C)C)CC2)ccn1. The number of hydrogen-bond acceptors (Lipinski definition) is 3. The molecule has 0 spiro atoms. The van der Waals surface area contributed by atoms with Crippen molar-refractivity contribution in [1.29, 1.82) is 0 Å². The Morgan fingerprint density at radius 1 is 1.32 bits per heavy atom. The van der Waals surface area contributed by atoms with Gasteiger partial charge >= 0.3 is 0 Å². The van der Waals surface area contributed by atoms with Crippen LogP contribution in [0.4, 0.5) is 11.5 Å². The second-order valence-corrected chi connectivity index (χ2v) is 6.56. The van der Waals surface area contributed by atoms with Crippen LogP contribution in [0.25, 0.3) is 0 Å². The highest BCUT2D eigenvalue weighted by molar-refractivity contribution is 5.54. The number of anilines is 2. The third-order valence-electron chi connectivity index (χ3n) is 4.19. The predicted octanol–water partition coefficient (Wildman–Crippen LogP) is 3.78. The van der Waals surface area contributed by atoms with Crippen LogP contribution in [0.5, 0.6) is 0 Å². The van der Waals surface area contributed by atoms with Crippen molar-refractivity contribution in [2.24, 2.45) is 11.3 Å². The van der Waals surface area contributed by atoms with E-state index in [1.165, 1.54) is 18.5 Å². The monoisotopic (exact) mass is 261 g/mol. The molecule has 3 nitrogen and oxygen atoms in total. The first-order valence-corrected chi connectivity index (χ1v) is 7.45. The summed E-state index contributed by atoms with van der Waals surface area (Å²) in [4.78, 5) is 6.83. The van der Waals surface area contributed by atoms with Gasteiger partial charge in [-0.05, 0) is 37.2 Å². The van der Waals surface area contributed by atoms with Gasteiger partial charge in [0.15, 0.2) is 0 Å². The molecule has 0 unspecified atom stereocenters. The highest BCUT2D eigenvalue weighted by atomic mass is 15.1. The number of nitrogens with zero attached hydrogens (tertiary/aromatic N) is 2. The molecule has 0 amide bonds. The lowest BCUT2D eigenvalue weighted by molar-refractivity contribution is 0.199. The lowest BCUT2D eigenvalue weighted by Gasteiger charge is -2.39. The fraction of sp³-hybridized carbons (Fsp3) is 0.688. The molecule has 1 fully saturated rings. The first-order valence-electron chi connectivity index (χ1n) is 7.45. The topological polar surface area (TPSA) is 28.2 Å². The Kier molecular flexibility index (Phi) is 4.33. The molecule has 3 heteroatoms. The lowest BCUT2D eigenvalue weighted by atomic mass is 9.75. The van der Waals surface area contributed by atoms with Crippen molar-refractivity contribution in [2.45, 2.75) is 40.5 Å². The van der Waals surface area contributed by atoms with E-state index >= 15 is 0 Å². The van der Waals surface area contributed by atoms with E-state index in [0.29, 0.717) is 5.41 Å². The summed E-state index contributed by atoms with van der Waals surface area (Å²) in [5.41, 5.74) is 1.75. The molecule has 0 saturated carbocycles. The van der Waals surface area contributed by atoms with Gasteiger partial charge in [-0.2, -0.15) is 0 Å². The van der Waals surface area contributed by atoms with Gasteiger partial charge in [-0.25, -0.2) is 4.98 Å². The molecule has 1 saturated heterocycles. The molecule has 1 aliphatic heterocycles. The molecule has 1 aromatic rings. The van der Waals surface area contributed by atoms with Gasteiger partial charge in [-0.15, -0.1) is 0 Å². The molecular formula is C16H27N3. The van der Waals surface area contributed by atoms with E-state index in [4.69, 9.17) is 0 Å².